The average molecular weight is 275 g/mol. The minimum Gasteiger partial charge on any atom is -0.491 e. The lowest BCUT2D eigenvalue weighted by Crippen LogP contribution is -2.46. The van der Waals surface area contributed by atoms with Crippen LogP contribution in [0.1, 0.15) is 44.8 Å². The quantitative estimate of drug-likeness (QED) is 0.855. The second-order valence-corrected chi connectivity index (χ2v) is 6.91. The number of hydrogen-bond donors (Lipinski definition) is 1. The molecule has 0 bridgehead atoms. The third-order valence-electron chi connectivity index (χ3n) is 4.86. The van der Waals surface area contributed by atoms with E-state index in [9.17, 15) is 5.11 Å². The van der Waals surface area contributed by atoms with Gasteiger partial charge in [-0.2, -0.15) is 0 Å². The molecule has 0 aliphatic carbocycles. The van der Waals surface area contributed by atoms with Crippen LogP contribution in [0, 0.1) is 5.41 Å². The number of rotatable bonds is 1. The number of aliphatic hydroxyl groups excluding tert-OH is 1. The Balaban J connectivity index is 1.75. The van der Waals surface area contributed by atoms with Crippen LogP contribution in [-0.4, -0.2) is 35.7 Å². The van der Waals surface area contributed by atoms with E-state index in [0.29, 0.717) is 12.0 Å². The van der Waals surface area contributed by atoms with E-state index in [1.807, 2.05) is 24.3 Å². The topological polar surface area (TPSA) is 32.7 Å². The highest BCUT2D eigenvalue weighted by Gasteiger charge is 2.35. The molecule has 2 unspecified atom stereocenters. The maximum absolute atomic E-state index is 10.7. The molecule has 1 aromatic carbocycles. The van der Waals surface area contributed by atoms with Crippen molar-refractivity contribution in [2.45, 2.75) is 45.3 Å². The van der Waals surface area contributed by atoms with Gasteiger partial charge in [-0.25, -0.2) is 0 Å². The minimum atomic E-state index is -0.429. The summed E-state index contributed by atoms with van der Waals surface area (Å²) in [5, 5.41) is 10.7. The zero-order valence-corrected chi connectivity index (χ0v) is 12.5. The summed E-state index contributed by atoms with van der Waals surface area (Å²) in [5.41, 5.74) is 1.36. The van der Waals surface area contributed by atoms with Gasteiger partial charge in [-0.05, 0) is 43.8 Å². The van der Waals surface area contributed by atoms with Crippen molar-refractivity contribution < 1.29 is 9.84 Å². The Labute approximate surface area is 121 Å². The SMILES string of the molecule is CC1(C)CCCN(C2COc3ccccc3C2O)CC1. The number of likely N-dealkylation sites (tertiary alicyclic amines) is 1. The van der Waals surface area contributed by atoms with Crippen molar-refractivity contribution >= 4 is 0 Å². The highest BCUT2D eigenvalue weighted by Crippen LogP contribution is 2.36. The molecule has 1 saturated heterocycles. The molecule has 2 aliphatic rings. The van der Waals surface area contributed by atoms with Gasteiger partial charge in [0.1, 0.15) is 18.5 Å². The van der Waals surface area contributed by atoms with Gasteiger partial charge in [-0.3, -0.25) is 4.90 Å². The van der Waals surface area contributed by atoms with Gasteiger partial charge in [0.25, 0.3) is 0 Å². The summed E-state index contributed by atoms with van der Waals surface area (Å²) in [6.07, 6.45) is 3.24. The van der Waals surface area contributed by atoms with Crippen molar-refractivity contribution in [1.29, 1.82) is 0 Å². The molecule has 3 rings (SSSR count). The van der Waals surface area contributed by atoms with E-state index in [2.05, 4.69) is 18.7 Å². The number of ether oxygens (including phenoxy) is 1. The van der Waals surface area contributed by atoms with Crippen LogP contribution in [-0.2, 0) is 0 Å². The van der Waals surface area contributed by atoms with Crippen LogP contribution in [0.3, 0.4) is 0 Å². The first kappa shape index (κ1) is 13.9. The summed E-state index contributed by atoms with van der Waals surface area (Å²) >= 11 is 0. The number of nitrogens with zero attached hydrogens (tertiary/aromatic N) is 1. The molecular weight excluding hydrogens is 250 g/mol. The Bertz CT molecular complexity index is 472. The molecular formula is C17H25NO2. The normalized spacial score (nSPS) is 30.1. The van der Waals surface area contributed by atoms with Gasteiger partial charge < -0.3 is 9.84 Å². The lowest BCUT2D eigenvalue weighted by atomic mass is 9.85. The number of para-hydroxylation sites is 1. The lowest BCUT2D eigenvalue weighted by Gasteiger charge is -2.38. The van der Waals surface area contributed by atoms with Crippen molar-refractivity contribution in [3.8, 4) is 5.75 Å². The molecule has 0 amide bonds. The van der Waals surface area contributed by atoms with Crippen LogP contribution in [0.15, 0.2) is 24.3 Å². The van der Waals surface area contributed by atoms with Crippen LogP contribution in [0.4, 0.5) is 0 Å². The number of hydrogen-bond acceptors (Lipinski definition) is 3. The van der Waals surface area contributed by atoms with Crippen LogP contribution in [0.5, 0.6) is 5.75 Å². The van der Waals surface area contributed by atoms with Gasteiger partial charge in [0.2, 0.25) is 0 Å². The third-order valence-corrected chi connectivity index (χ3v) is 4.86. The fraction of sp³-hybridized carbons (Fsp3) is 0.647. The largest absolute Gasteiger partial charge is 0.491 e. The fourth-order valence-corrected chi connectivity index (χ4v) is 3.41. The van der Waals surface area contributed by atoms with Crippen molar-refractivity contribution in [3.63, 3.8) is 0 Å². The predicted octanol–water partition coefficient (Wildman–Crippen LogP) is 2.99. The molecule has 3 heteroatoms. The first-order valence-corrected chi connectivity index (χ1v) is 7.71. The molecule has 0 aromatic heterocycles. The van der Waals surface area contributed by atoms with Gasteiger partial charge in [-0.1, -0.05) is 32.0 Å². The smallest absolute Gasteiger partial charge is 0.125 e. The molecule has 3 nitrogen and oxygen atoms in total. The molecule has 1 fully saturated rings. The van der Waals surface area contributed by atoms with Crippen molar-refractivity contribution in [2.24, 2.45) is 5.41 Å². The summed E-state index contributed by atoms with van der Waals surface area (Å²) < 4.78 is 5.85. The summed E-state index contributed by atoms with van der Waals surface area (Å²) in [5.74, 6) is 0.839. The zero-order valence-electron chi connectivity index (χ0n) is 12.5. The molecule has 20 heavy (non-hydrogen) atoms. The lowest BCUT2D eigenvalue weighted by molar-refractivity contribution is 0.00378. The highest BCUT2D eigenvalue weighted by molar-refractivity contribution is 5.37. The van der Waals surface area contributed by atoms with E-state index < -0.39 is 6.10 Å². The predicted molar refractivity (Wildman–Crippen MR) is 79.9 cm³/mol. The van der Waals surface area contributed by atoms with Gasteiger partial charge in [0, 0.05) is 5.56 Å². The van der Waals surface area contributed by atoms with E-state index in [0.717, 1.165) is 24.4 Å². The van der Waals surface area contributed by atoms with Crippen LogP contribution in [0.2, 0.25) is 0 Å². The molecule has 2 atom stereocenters. The Kier molecular flexibility index (Phi) is 3.74. The summed E-state index contributed by atoms with van der Waals surface area (Å²) in [4.78, 5) is 2.43. The second kappa shape index (κ2) is 5.38. The van der Waals surface area contributed by atoms with E-state index in [4.69, 9.17) is 4.74 Å². The second-order valence-electron chi connectivity index (χ2n) is 6.91. The van der Waals surface area contributed by atoms with Crippen LogP contribution in [0.25, 0.3) is 0 Å². The first-order chi connectivity index (χ1) is 9.57. The van der Waals surface area contributed by atoms with Crippen molar-refractivity contribution in [2.75, 3.05) is 19.7 Å². The number of benzene rings is 1. The van der Waals surface area contributed by atoms with E-state index in [-0.39, 0.29) is 6.04 Å². The standard InChI is InChI=1S/C17H25NO2/c1-17(2)8-5-10-18(11-9-17)14-12-20-15-7-4-3-6-13(15)16(14)19/h3-4,6-7,14,16,19H,5,8-12H2,1-2H3. The van der Waals surface area contributed by atoms with Crippen LogP contribution >= 0.6 is 0 Å². The number of fused-ring (bicyclic) bond motifs is 1. The van der Waals surface area contributed by atoms with Crippen molar-refractivity contribution in [3.05, 3.63) is 29.8 Å². The summed E-state index contributed by atoms with van der Waals surface area (Å²) in [6.45, 7) is 7.41. The van der Waals surface area contributed by atoms with Gasteiger partial charge in [-0.15, -0.1) is 0 Å². The molecule has 0 saturated carbocycles. The average Bonchev–Trinajstić information content (AvgIpc) is 2.61. The minimum absolute atomic E-state index is 0.0961. The third kappa shape index (κ3) is 2.70. The molecule has 0 spiro atoms. The van der Waals surface area contributed by atoms with Gasteiger partial charge in [0.15, 0.2) is 0 Å². The molecule has 0 radical (unpaired) electrons. The maximum atomic E-state index is 10.7. The Morgan fingerprint density at radius 3 is 2.85 bits per heavy atom. The molecule has 1 aromatic rings. The van der Waals surface area contributed by atoms with Crippen molar-refractivity contribution in [1.82, 2.24) is 4.90 Å². The maximum Gasteiger partial charge on any atom is 0.125 e. The molecule has 110 valence electrons. The monoisotopic (exact) mass is 275 g/mol. The molecule has 2 heterocycles. The zero-order chi connectivity index (χ0) is 14.2. The van der Waals surface area contributed by atoms with Crippen LogP contribution < -0.4 is 4.74 Å². The molecule has 2 aliphatic heterocycles. The highest BCUT2D eigenvalue weighted by atomic mass is 16.5. The number of aliphatic hydroxyl groups is 1. The summed E-state index contributed by atoms with van der Waals surface area (Å²) in [6, 6.07) is 7.95. The van der Waals surface area contributed by atoms with E-state index in [1.165, 1.54) is 19.3 Å². The van der Waals surface area contributed by atoms with E-state index in [1.54, 1.807) is 0 Å². The van der Waals surface area contributed by atoms with Gasteiger partial charge >= 0.3 is 0 Å². The summed E-state index contributed by atoms with van der Waals surface area (Å²) in [7, 11) is 0. The Morgan fingerprint density at radius 1 is 1.20 bits per heavy atom. The Hall–Kier alpha value is -1.06. The van der Waals surface area contributed by atoms with Gasteiger partial charge in [0.05, 0.1) is 6.04 Å². The first-order valence-electron chi connectivity index (χ1n) is 7.71. The fourth-order valence-electron chi connectivity index (χ4n) is 3.41. The van der Waals surface area contributed by atoms with E-state index >= 15 is 0 Å². The Morgan fingerprint density at radius 2 is 2.00 bits per heavy atom. The molecule has 1 N–H and O–H groups in total.